The third-order valence-electron chi connectivity index (χ3n) is 2.44. The molecule has 0 fully saturated rings. The lowest BCUT2D eigenvalue weighted by Crippen LogP contribution is -2.18. The first kappa shape index (κ1) is 10.9. The molecule has 1 atom stereocenters. The Balaban J connectivity index is 2.17. The lowest BCUT2D eigenvalue weighted by atomic mass is 10.2. The fraction of sp³-hybridized carbons (Fsp3) is 0.308. The smallest absolute Gasteiger partial charge is 0.128 e. The van der Waals surface area contributed by atoms with Crippen LogP contribution >= 0.6 is 0 Å². The Kier molecular flexibility index (Phi) is 3.37. The molecular formula is C13H16N2O. The first-order chi connectivity index (χ1) is 7.77. The Morgan fingerprint density at radius 1 is 1.31 bits per heavy atom. The second-order valence-corrected chi connectivity index (χ2v) is 3.94. The second kappa shape index (κ2) is 4.94. The van der Waals surface area contributed by atoms with Crippen LogP contribution in [0, 0.1) is 0 Å². The number of nitrogens with zero attached hydrogens (tertiary/aromatic N) is 1. The van der Waals surface area contributed by atoms with E-state index in [0.29, 0.717) is 6.61 Å². The van der Waals surface area contributed by atoms with Crippen molar-refractivity contribution in [2.24, 2.45) is 5.73 Å². The van der Waals surface area contributed by atoms with Gasteiger partial charge >= 0.3 is 0 Å². The van der Waals surface area contributed by atoms with Gasteiger partial charge in [0.25, 0.3) is 0 Å². The minimum Gasteiger partial charge on any atom is -0.493 e. The average Bonchev–Trinajstić information content (AvgIpc) is 2.29. The summed E-state index contributed by atoms with van der Waals surface area (Å²) in [4.78, 5) is 4.28. The van der Waals surface area contributed by atoms with Gasteiger partial charge in [0.2, 0.25) is 0 Å². The summed E-state index contributed by atoms with van der Waals surface area (Å²) >= 11 is 0. The van der Waals surface area contributed by atoms with Crippen LogP contribution in [-0.4, -0.2) is 17.6 Å². The molecule has 2 aromatic rings. The van der Waals surface area contributed by atoms with Crippen LogP contribution in [0.3, 0.4) is 0 Å². The van der Waals surface area contributed by atoms with Gasteiger partial charge in [-0.15, -0.1) is 0 Å². The number of pyridine rings is 1. The van der Waals surface area contributed by atoms with Gasteiger partial charge in [0, 0.05) is 17.6 Å². The minimum atomic E-state index is 0.174. The van der Waals surface area contributed by atoms with Crippen LogP contribution in [0.4, 0.5) is 0 Å². The van der Waals surface area contributed by atoms with Gasteiger partial charge in [-0.3, -0.25) is 4.98 Å². The summed E-state index contributed by atoms with van der Waals surface area (Å²) in [5.74, 6) is 0.881. The molecule has 0 saturated heterocycles. The van der Waals surface area contributed by atoms with Gasteiger partial charge in [0.05, 0.1) is 12.1 Å². The van der Waals surface area contributed by atoms with E-state index < -0.39 is 0 Å². The fourth-order valence-corrected chi connectivity index (χ4v) is 1.56. The van der Waals surface area contributed by atoms with E-state index in [4.69, 9.17) is 10.5 Å². The molecule has 16 heavy (non-hydrogen) atoms. The summed E-state index contributed by atoms with van der Waals surface area (Å²) in [7, 11) is 0. The molecule has 0 aliphatic carbocycles. The lowest BCUT2D eigenvalue weighted by Gasteiger charge is -2.10. The van der Waals surface area contributed by atoms with Crippen LogP contribution in [0.25, 0.3) is 10.9 Å². The molecule has 1 aromatic carbocycles. The standard InChI is InChI=1S/C13H16N2O/c1-10(14)7-9-16-13-6-2-5-12-11(13)4-3-8-15-12/h2-6,8,10H,7,9,14H2,1H3. The normalized spacial score (nSPS) is 12.6. The van der Waals surface area contributed by atoms with Crippen molar-refractivity contribution in [2.75, 3.05) is 6.61 Å². The number of nitrogens with two attached hydrogens (primary N) is 1. The SMILES string of the molecule is CC(N)CCOc1cccc2ncccc12. The Morgan fingerprint density at radius 2 is 2.19 bits per heavy atom. The van der Waals surface area contributed by atoms with Gasteiger partial charge in [-0.2, -0.15) is 0 Å². The highest BCUT2D eigenvalue weighted by atomic mass is 16.5. The number of hydrogen-bond donors (Lipinski definition) is 1. The number of benzene rings is 1. The number of ether oxygens (including phenoxy) is 1. The summed E-state index contributed by atoms with van der Waals surface area (Å²) in [5.41, 5.74) is 6.64. The van der Waals surface area contributed by atoms with Crippen molar-refractivity contribution in [2.45, 2.75) is 19.4 Å². The van der Waals surface area contributed by atoms with Gasteiger partial charge in [0.15, 0.2) is 0 Å². The minimum absolute atomic E-state index is 0.174. The predicted octanol–water partition coefficient (Wildman–Crippen LogP) is 2.35. The Morgan fingerprint density at radius 3 is 3.00 bits per heavy atom. The van der Waals surface area contributed by atoms with Crippen LogP contribution in [0.5, 0.6) is 5.75 Å². The van der Waals surface area contributed by atoms with Crippen molar-refractivity contribution in [3.8, 4) is 5.75 Å². The van der Waals surface area contributed by atoms with E-state index in [-0.39, 0.29) is 6.04 Å². The number of aromatic nitrogens is 1. The molecule has 84 valence electrons. The van der Waals surface area contributed by atoms with Gasteiger partial charge in [-0.25, -0.2) is 0 Å². The summed E-state index contributed by atoms with van der Waals surface area (Å²) in [6.45, 7) is 2.62. The van der Waals surface area contributed by atoms with Crippen molar-refractivity contribution in [1.29, 1.82) is 0 Å². The van der Waals surface area contributed by atoms with Crippen molar-refractivity contribution >= 4 is 10.9 Å². The molecule has 3 heteroatoms. The molecular weight excluding hydrogens is 200 g/mol. The van der Waals surface area contributed by atoms with Gasteiger partial charge in [0.1, 0.15) is 5.75 Å². The molecule has 0 saturated carbocycles. The first-order valence-corrected chi connectivity index (χ1v) is 5.49. The van der Waals surface area contributed by atoms with E-state index in [1.807, 2.05) is 37.3 Å². The average molecular weight is 216 g/mol. The van der Waals surface area contributed by atoms with Crippen molar-refractivity contribution < 1.29 is 4.74 Å². The number of fused-ring (bicyclic) bond motifs is 1. The molecule has 0 aliphatic rings. The van der Waals surface area contributed by atoms with E-state index in [2.05, 4.69) is 4.98 Å². The van der Waals surface area contributed by atoms with Crippen LogP contribution in [-0.2, 0) is 0 Å². The largest absolute Gasteiger partial charge is 0.493 e. The topological polar surface area (TPSA) is 48.1 Å². The van der Waals surface area contributed by atoms with Gasteiger partial charge < -0.3 is 10.5 Å². The van der Waals surface area contributed by atoms with Crippen LogP contribution in [0.2, 0.25) is 0 Å². The molecule has 1 aromatic heterocycles. The van der Waals surface area contributed by atoms with Crippen LogP contribution in [0.15, 0.2) is 36.5 Å². The molecule has 0 radical (unpaired) electrons. The zero-order valence-electron chi connectivity index (χ0n) is 9.39. The highest BCUT2D eigenvalue weighted by molar-refractivity contribution is 5.84. The predicted molar refractivity (Wildman–Crippen MR) is 65.5 cm³/mol. The first-order valence-electron chi connectivity index (χ1n) is 5.49. The number of hydrogen-bond acceptors (Lipinski definition) is 3. The zero-order chi connectivity index (χ0) is 11.4. The van der Waals surface area contributed by atoms with E-state index in [9.17, 15) is 0 Å². The molecule has 2 rings (SSSR count). The molecule has 2 N–H and O–H groups in total. The van der Waals surface area contributed by atoms with Crippen LogP contribution in [0.1, 0.15) is 13.3 Å². The summed E-state index contributed by atoms with van der Waals surface area (Å²) in [6.07, 6.45) is 2.64. The third-order valence-corrected chi connectivity index (χ3v) is 2.44. The highest BCUT2D eigenvalue weighted by Crippen LogP contribution is 2.23. The summed E-state index contributed by atoms with van der Waals surface area (Å²) in [5, 5.41) is 1.05. The van der Waals surface area contributed by atoms with Crippen molar-refractivity contribution in [1.82, 2.24) is 4.98 Å². The maximum atomic E-state index is 5.71. The maximum absolute atomic E-state index is 5.71. The van der Waals surface area contributed by atoms with Crippen molar-refractivity contribution in [3.63, 3.8) is 0 Å². The zero-order valence-corrected chi connectivity index (χ0v) is 9.39. The van der Waals surface area contributed by atoms with Gasteiger partial charge in [-0.1, -0.05) is 6.07 Å². The maximum Gasteiger partial charge on any atom is 0.128 e. The molecule has 1 unspecified atom stereocenters. The Hall–Kier alpha value is -1.61. The van der Waals surface area contributed by atoms with E-state index in [0.717, 1.165) is 23.1 Å². The molecule has 0 bridgehead atoms. The quantitative estimate of drug-likeness (QED) is 0.853. The molecule has 1 heterocycles. The molecule has 0 aliphatic heterocycles. The highest BCUT2D eigenvalue weighted by Gasteiger charge is 2.02. The molecule has 0 amide bonds. The third kappa shape index (κ3) is 2.49. The van der Waals surface area contributed by atoms with Crippen LogP contribution < -0.4 is 10.5 Å². The van der Waals surface area contributed by atoms with E-state index >= 15 is 0 Å². The Labute approximate surface area is 95.2 Å². The van der Waals surface area contributed by atoms with E-state index in [1.165, 1.54) is 0 Å². The van der Waals surface area contributed by atoms with E-state index in [1.54, 1.807) is 6.20 Å². The summed E-state index contributed by atoms with van der Waals surface area (Å²) < 4.78 is 5.71. The van der Waals surface area contributed by atoms with Gasteiger partial charge in [-0.05, 0) is 37.6 Å². The molecule has 3 nitrogen and oxygen atoms in total. The lowest BCUT2D eigenvalue weighted by molar-refractivity contribution is 0.304. The number of rotatable bonds is 4. The van der Waals surface area contributed by atoms with Crippen molar-refractivity contribution in [3.05, 3.63) is 36.5 Å². The second-order valence-electron chi connectivity index (χ2n) is 3.94. The molecule has 0 spiro atoms. The fourth-order valence-electron chi connectivity index (χ4n) is 1.56. The monoisotopic (exact) mass is 216 g/mol. The Bertz CT molecular complexity index is 463. The summed E-state index contributed by atoms with van der Waals surface area (Å²) in [6, 6.07) is 10.0.